The van der Waals surface area contributed by atoms with Crippen LogP contribution in [-0.4, -0.2) is 0 Å². The minimum atomic E-state index is 1.22. The zero-order chi connectivity index (χ0) is 45.2. The fraction of sp³-hybridized carbons (Fsp3) is 0. The highest BCUT2D eigenvalue weighted by molar-refractivity contribution is 7.25. The van der Waals surface area contributed by atoms with Gasteiger partial charge in [-0.1, -0.05) is 206 Å². The average molecular weight is 889 g/mol. The zero-order valence-corrected chi connectivity index (χ0v) is 38.3. The molecule has 0 spiro atoms. The SMILES string of the molecule is c1ccc(-c2ccc3ccc4c(-c5cccc(-c6ccc7sc8ccc(-c9cccc(-c%10ccc%11ccc%12c(-c%13ccccc%13)ccc%13ccc%10c%11c%13%12)c9)cc8c7c6)c5)ccc5ccc2c3c54)cc1. The van der Waals surface area contributed by atoms with Crippen molar-refractivity contribution in [3.63, 3.8) is 0 Å². The van der Waals surface area contributed by atoms with Gasteiger partial charge >= 0.3 is 0 Å². The molecule has 1 aromatic heterocycles. The van der Waals surface area contributed by atoms with Gasteiger partial charge in [0.15, 0.2) is 0 Å². The fourth-order valence-corrected chi connectivity index (χ4v) is 12.8. The molecule has 15 rings (SSSR count). The number of fused-ring (bicyclic) bond motifs is 3. The standard InChI is InChI=1S/C68H40S/c1-3-9-41(10-4-1)53-27-17-43-23-33-59-55(29-19-45-21-31-57(53)65(43)67(45)59)51-15-7-13-47(37-51)49-25-35-63-61(39-49)62-40-50(26-36-64(62)69-63)48-14-8-16-52(38-48)56-30-20-46-22-32-58-54(42-11-5-2-6-12-42)28-18-44-24-34-60(56)68(46)66(44)58/h1-40H. The molecule has 0 aliphatic heterocycles. The van der Waals surface area contributed by atoms with Crippen LogP contribution >= 0.6 is 11.3 Å². The van der Waals surface area contributed by atoms with Gasteiger partial charge in [-0.25, -0.2) is 0 Å². The summed E-state index contributed by atoms with van der Waals surface area (Å²) >= 11 is 1.88. The Bertz CT molecular complexity index is 4230. The predicted octanol–water partition coefficient (Wildman–Crippen LogP) is 19.9. The van der Waals surface area contributed by atoms with Crippen LogP contribution in [0.5, 0.6) is 0 Å². The number of benzene rings is 14. The van der Waals surface area contributed by atoms with Crippen LogP contribution in [0.4, 0.5) is 0 Å². The largest absolute Gasteiger partial charge is 0.135 e. The Hall–Kier alpha value is -8.62. The molecule has 0 saturated heterocycles. The van der Waals surface area contributed by atoms with Crippen molar-refractivity contribution in [2.75, 3.05) is 0 Å². The second-order valence-electron chi connectivity index (χ2n) is 18.7. The summed E-state index contributed by atoms with van der Waals surface area (Å²) in [4.78, 5) is 0. The lowest BCUT2D eigenvalue weighted by Crippen LogP contribution is -1.89. The van der Waals surface area contributed by atoms with Crippen molar-refractivity contribution in [3.05, 3.63) is 243 Å². The summed E-state index contributed by atoms with van der Waals surface area (Å²) in [5.41, 5.74) is 14.9. The van der Waals surface area contributed by atoms with E-state index in [1.807, 2.05) is 11.3 Å². The molecule has 1 heterocycles. The van der Waals surface area contributed by atoms with Gasteiger partial charge in [0.05, 0.1) is 0 Å². The molecule has 0 amide bonds. The van der Waals surface area contributed by atoms with E-state index in [1.54, 1.807) is 0 Å². The molecule has 69 heavy (non-hydrogen) atoms. The van der Waals surface area contributed by atoms with E-state index >= 15 is 0 Å². The second-order valence-corrected chi connectivity index (χ2v) is 19.8. The first-order chi connectivity index (χ1) is 34.2. The highest BCUT2D eigenvalue weighted by Gasteiger charge is 2.18. The smallest absolute Gasteiger partial charge is 0.0355 e. The summed E-state index contributed by atoms with van der Waals surface area (Å²) in [6.45, 7) is 0. The van der Waals surface area contributed by atoms with Gasteiger partial charge in [0.1, 0.15) is 0 Å². The summed E-state index contributed by atoms with van der Waals surface area (Å²) < 4.78 is 2.61. The van der Waals surface area contributed by atoms with Crippen molar-refractivity contribution in [2.24, 2.45) is 0 Å². The number of rotatable bonds is 6. The lowest BCUT2D eigenvalue weighted by atomic mass is 9.87. The second kappa shape index (κ2) is 14.9. The molecular formula is C68H40S. The molecule has 14 aromatic carbocycles. The van der Waals surface area contributed by atoms with Gasteiger partial charge in [-0.2, -0.15) is 0 Å². The molecular weight excluding hydrogens is 849 g/mol. The molecule has 0 aliphatic carbocycles. The van der Waals surface area contributed by atoms with Gasteiger partial charge in [0.25, 0.3) is 0 Å². The summed E-state index contributed by atoms with van der Waals surface area (Å²) in [5, 5.41) is 18.3. The van der Waals surface area contributed by atoms with Crippen LogP contribution in [0.3, 0.4) is 0 Å². The summed E-state index contributed by atoms with van der Waals surface area (Å²) in [5.74, 6) is 0. The maximum absolute atomic E-state index is 2.41. The third-order valence-electron chi connectivity index (χ3n) is 15.0. The Morgan fingerprint density at radius 3 is 0.870 bits per heavy atom. The van der Waals surface area contributed by atoms with E-state index in [1.165, 1.54) is 152 Å². The fourth-order valence-electron chi connectivity index (χ4n) is 11.7. The van der Waals surface area contributed by atoms with E-state index in [0.29, 0.717) is 0 Å². The maximum Gasteiger partial charge on any atom is 0.0355 e. The van der Waals surface area contributed by atoms with Gasteiger partial charge in [-0.05, 0) is 168 Å². The molecule has 0 nitrogen and oxygen atoms in total. The van der Waals surface area contributed by atoms with E-state index in [4.69, 9.17) is 0 Å². The first kappa shape index (κ1) is 38.5. The highest BCUT2D eigenvalue weighted by Crippen LogP contribution is 2.46. The Morgan fingerprint density at radius 1 is 0.188 bits per heavy atom. The molecule has 0 saturated carbocycles. The Balaban J connectivity index is 0.806. The minimum Gasteiger partial charge on any atom is -0.135 e. The summed E-state index contributed by atoms with van der Waals surface area (Å²) in [6.07, 6.45) is 0. The normalized spacial score (nSPS) is 12.1. The first-order valence-electron chi connectivity index (χ1n) is 23.9. The van der Waals surface area contributed by atoms with Crippen molar-refractivity contribution >= 4 is 96.1 Å². The highest BCUT2D eigenvalue weighted by atomic mass is 32.1. The van der Waals surface area contributed by atoms with E-state index in [2.05, 4.69) is 243 Å². The topological polar surface area (TPSA) is 0 Å². The van der Waals surface area contributed by atoms with Crippen LogP contribution in [-0.2, 0) is 0 Å². The molecule has 0 radical (unpaired) electrons. The monoisotopic (exact) mass is 888 g/mol. The van der Waals surface area contributed by atoms with Gasteiger partial charge in [0.2, 0.25) is 0 Å². The Labute approximate surface area is 403 Å². The van der Waals surface area contributed by atoms with Crippen molar-refractivity contribution < 1.29 is 0 Å². The summed E-state index contributed by atoms with van der Waals surface area (Å²) in [7, 11) is 0. The van der Waals surface area contributed by atoms with Crippen LogP contribution in [0.15, 0.2) is 243 Å². The quantitative estimate of drug-likeness (QED) is 0.146. The lowest BCUT2D eigenvalue weighted by molar-refractivity contribution is 1.63. The van der Waals surface area contributed by atoms with Crippen LogP contribution in [0, 0.1) is 0 Å². The van der Waals surface area contributed by atoms with E-state index in [-0.39, 0.29) is 0 Å². The molecule has 0 fully saturated rings. The minimum absolute atomic E-state index is 1.22. The number of hydrogen-bond acceptors (Lipinski definition) is 1. The molecule has 0 atom stereocenters. The molecule has 15 aromatic rings. The lowest BCUT2D eigenvalue weighted by Gasteiger charge is -2.17. The van der Waals surface area contributed by atoms with Crippen LogP contribution in [0.2, 0.25) is 0 Å². The van der Waals surface area contributed by atoms with Crippen molar-refractivity contribution in [2.45, 2.75) is 0 Å². The van der Waals surface area contributed by atoms with E-state index in [0.717, 1.165) is 0 Å². The van der Waals surface area contributed by atoms with E-state index < -0.39 is 0 Å². The number of thiophene rings is 1. The molecule has 318 valence electrons. The van der Waals surface area contributed by atoms with Gasteiger partial charge < -0.3 is 0 Å². The van der Waals surface area contributed by atoms with Crippen molar-refractivity contribution in [1.82, 2.24) is 0 Å². The Kier molecular flexibility index (Phi) is 8.33. The third-order valence-corrected chi connectivity index (χ3v) is 16.1. The molecule has 0 unspecified atom stereocenters. The van der Waals surface area contributed by atoms with Gasteiger partial charge in [-0.15, -0.1) is 11.3 Å². The maximum atomic E-state index is 2.41. The van der Waals surface area contributed by atoms with Gasteiger partial charge in [-0.3, -0.25) is 0 Å². The molecule has 0 bridgehead atoms. The molecule has 1 heteroatoms. The average Bonchev–Trinajstić information content (AvgIpc) is 3.79. The molecule has 0 aliphatic rings. The van der Waals surface area contributed by atoms with Crippen LogP contribution < -0.4 is 0 Å². The summed E-state index contributed by atoms with van der Waals surface area (Å²) in [6, 6.07) is 90.8. The Morgan fingerprint density at radius 2 is 0.493 bits per heavy atom. The van der Waals surface area contributed by atoms with Crippen LogP contribution in [0.1, 0.15) is 0 Å². The first-order valence-corrected chi connectivity index (χ1v) is 24.7. The number of hydrogen-bond donors (Lipinski definition) is 0. The van der Waals surface area contributed by atoms with Crippen molar-refractivity contribution in [3.8, 4) is 66.8 Å². The zero-order valence-electron chi connectivity index (χ0n) is 37.5. The molecule has 0 N–H and O–H groups in total. The van der Waals surface area contributed by atoms with Gasteiger partial charge in [0, 0.05) is 20.2 Å². The van der Waals surface area contributed by atoms with E-state index in [9.17, 15) is 0 Å². The predicted molar refractivity (Wildman–Crippen MR) is 299 cm³/mol. The van der Waals surface area contributed by atoms with Crippen molar-refractivity contribution in [1.29, 1.82) is 0 Å². The third kappa shape index (κ3) is 5.94. The van der Waals surface area contributed by atoms with Crippen LogP contribution in [0.25, 0.3) is 152 Å².